The van der Waals surface area contributed by atoms with Crippen molar-refractivity contribution in [2.24, 2.45) is 5.92 Å². The molecule has 1 saturated carbocycles. The molecular weight excluding hydrogens is 354 g/mol. The van der Waals surface area contributed by atoms with Gasteiger partial charge in [0.25, 0.3) is 0 Å². The van der Waals surface area contributed by atoms with Crippen molar-refractivity contribution in [3.05, 3.63) is 44.2 Å². The normalized spacial score (nSPS) is 16.4. The first-order valence-corrected chi connectivity index (χ1v) is 8.82. The van der Waals surface area contributed by atoms with Crippen molar-refractivity contribution in [1.29, 1.82) is 0 Å². The molecule has 1 atom stereocenters. The minimum atomic E-state index is 0.508. The van der Waals surface area contributed by atoms with Gasteiger partial charge in [0.1, 0.15) is 0 Å². The smallest absolute Gasteiger partial charge is 0.0442 e. The Kier molecular flexibility index (Phi) is 4.23. The van der Waals surface area contributed by atoms with Gasteiger partial charge in [-0.25, -0.2) is 0 Å². The molecule has 0 spiro atoms. The summed E-state index contributed by atoms with van der Waals surface area (Å²) in [7, 11) is 2.06. The van der Waals surface area contributed by atoms with Crippen LogP contribution < -0.4 is 5.32 Å². The number of thiophene rings is 1. The number of hydrogen-bond donors (Lipinski definition) is 1. The zero-order chi connectivity index (χ0) is 14.3. The average molecular weight is 371 g/mol. The van der Waals surface area contributed by atoms with Crippen LogP contribution in [0.3, 0.4) is 0 Å². The summed E-state index contributed by atoms with van der Waals surface area (Å²) in [5, 5.41) is 4.28. The molecule has 0 aliphatic heterocycles. The molecular formula is C16H17BrClNS. The van der Waals surface area contributed by atoms with E-state index < -0.39 is 0 Å². The van der Waals surface area contributed by atoms with E-state index in [2.05, 4.69) is 52.6 Å². The van der Waals surface area contributed by atoms with Crippen molar-refractivity contribution < 1.29 is 0 Å². The van der Waals surface area contributed by atoms with E-state index in [1.807, 2.05) is 18.3 Å². The fourth-order valence-electron chi connectivity index (χ4n) is 2.54. The van der Waals surface area contributed by atoms with Crippen LogP contribution in [0, 0.1) is 12.8 Å². The molecule has 1 aromatic heterocycles. The van der Waals surface area contributed by atoms with Crippen molar-refractivity contribution in [2.75, 3.05) is 7.05 Å². The number of nitrogens with one attached hydrogen (secondary N) is 1. The summed E-state index contributed by atoms with van der Waals surface area (Å²) in [6.07, 6.45) is 2.69. The lowest BCUT2D eigenvalue weighted by molar-refractivity contribution is 0.537. The van der Waals surface area contributed by atoms with Crippen molar-refractivity contribution in [2.45, 2.75) is 25.8 Å². The first-order valence-electron chi connectivity index (χ1n) is 6.83. The first-order chi connectivity index (χ1) is 9.60. The zero-order valence-corrected chi connectivity index (χ0v) is 14.7. The predicted octanol–water partition coefficient (Wildman–Crippen LogP) is 5.81. The van der Waals surface area contributed by atoms with E-state index in [1.165, 1.54) is 28.2 Å². The van der Waals surface area contributed by atoms with E-state index in [0.717, 1.165) is 21.0 Å². The Balaban J connectivity index is 1.95. The van der Waals surface area contributed by atoms with Crippen molar-refractivity contribution in [3.8, 4) is 10.4 Å². The summed E-state index contributed by atoms with van der Waals surface area (Å²) in [6.45, 7) is 2.03. The molecule has 20 heavy (non-hydrogen) atoms. The third kappa shape index (κ3) is 2.82. The van der Waals surface area contributed by atoms with E-state index >= 15 is 0 Å². The second-order valence-electron chi connectivity index (χ2n) is 5.39. The largest absolute Gasteiger partial charge is 0.312 e. The van der Waals surface area contributed by atoms with Crippen LogP contribution in [0.4, 0.5) is 0 Å². The Morgan fingerprint density at radius 1 is 1.35 bits per heavy atom. The number of rotatable bonds is 4. The van der Waals surface area contributed by atoms with Crippen LogP contribution in [0.1, 0.15) is 29.3 Å². The minimum Gasteiger partial charge on any atom is -0.312 e. The van der Waals surface area contributed by atoms with E-state index in [4.69, 9.17) is 11.6 Å². The monoisotopic (exact) mass is 369 g/mol. The molecule has 2 aromatic rings. The highest BCUT2D eigenvalue weighted by atomic mass is 79.9. The summed E-state index contributed by atoms with van der Waals surface area (Å²) in [4.78, 5) is 2.70. The van der Waals surface area contributed by atoms with Crippen LogP contribution in [0.5, 0.6) is 0 Å². The standard InChI is InChI=1S/C16H17BrClNS/c1-9-7-12(17)11(8-13(9)18)14-5-6-15(20-14)16(19-2)10-3-4-10/h5-8,10,16,19H,3-4H2,1-2H3. The third-order valence-corrected chi connectivity index (χ3v) is 6.12. The third-order valence-electron chi connectivity index (χ3n) is 3.85. The highest BCUT2D eigenvalue weighted by molar-refractivity contribution is 9.10. The summed E-state index contributed by atoms with van der Waals surface area (Å²) in [6, 6.07) is 9.11. The molecule has 0 bridgehead atoms. The summed E-state index contributed by atoms with van der Waals surface area (Å²) in [5.74, 6) is 0.816. The van der Waals surface area contributed by atoms with Gasteiger partial charge in [-0.15, -0.1) is 11.3 Å². The summed E-state index contributed by atoms with van der Waals surface area (Å²) in [5.41, 5.74) is 2.28. The summed E-state index contributed by atoms with van der Waals surface area (Å²) < 4.78 is 1.11. The van der Waals surface area contributed by atoms with Gasteiger partial charge in [-0.2, -0.15) is 0 Å². The van der Waals surface area contributed by atoms with Gasteiger partial charge in [0.2, 0.25) is 0 Å². The van der Waals surface area contributed by atoms with Gasteiger partial charge in [0.05, 0.1) is 0 Å². The molecule has 4 heteroatoms. The average Bonchev–Trinajstić information content (AvgIpc) is 3.13. The number of benzene rings is 1. The van der Waals surface area contributed by atoms with Gasteiger partial charge in [-0.05, 0) is 62.6 Å². The Morgan fingerprint density at radius 2 is 2.10 bits per heavy atom. The Hall–Kier alpha value is -0.350. The minimum absolute atomic E-state index is 0.508. The van der Waals surface area contributed by atoms with Crippen LogP contribution in [-0.2, 0) is 0 Å². The zero-order valence-electron chi connectivity index (χ0n) is 11.5. The van der Waals surface area contributed by atoms with Gasteiger partial charge < -0.3 is 5.32 Å². The number of aryl methyl sites for hydroxylation is 1. The Bertz CT molecular complexity index is 633. The molecule has 1 aromatic carbocycles. The van der Waals surface area contributed by atoms with Crippen molar-refractivity contribution in [1.82, 2.24) is 5.32 Å². The second kappa shape index (κ2) is 5.80. The maximum atomic E-state index is 6.26. The number of hydrogen-bond acceptors (Lipinski definition) is 2. The Morgan fingerprint density at radius 3 is 2.75 bits per heavy atom. The molecule has 1 aliphatic carbocycles. The second-order valence-corrected chi connectivity index (χ2v) is 7.76. The molecule has 3 rings (SSSR count). The molecule has 1 unspecified atom stereocenters. The molecule has 1 heterocycles. The molecule has 0 radical (unpaired) electrons. The molecule has 1 aliphatic rings. The fourth-order valence-corrected chi connectivity index (χ4v) is 4.75. The highest BCUT2D eigenvalue weighted by Gasteiger charge is 2.32. The molecule has 0 saturated heterocycles. The predicted molar refractivity (Wildman–Crippen MR) is 91.7 cm³/mol. The summed E-state index contributed by atoms with van der Waals surface area (Å²) >= 11 is 11.8. The van der Waals surface area contributed by atoms with E-state index in [-0.39, 0.29) is 0 Å². The molecule has 1 fully saturated rings. The van der Waals surface area contributed by atoms with Gasteiger partial charge >= 0.3 is 0 Å². The Labute approximate surface area is 137 Å². The number of halogens is 2. The van der Waals surface area contributed by atoms with Gasteiger partial charge in [0.15, 0.2) is 0 Å². The molecule has 106 valence electrons. The highest BCUT2D eigenvalue weighted by Crippen LogP contribution is 2.45. The van der Waals surface area contributed by atoms with Gasteiger partial charge in [-0.1, -0.05) is 27.5 Å². The van der Waals surface area contributed by atoms with Gasteiger partial charge in [-0.3, -0.25) is 0 Å². The maximum absolute atomic E-state index is 6.26. The van der Waals surface area contributed by atoms with Crippen molar-refractivity contribution in [3.63, 3.8) is 0 Å². The SMILES string of the molecule is CNC(c1ccc(-c2cc(Cl)c(C)cc2Br)s1)C1CC1. The maximum Gasteiger partial charge on any atom is 0.0442 e. The fraction of sp³-hybridized carbons (Fsp3) is 0.375. The first kappa shape index (κ1) is 14.6. The quantitative estimate of drug-likeness (QED) is 0.716. The van der Waals surface area contributed by atoms with Crippen LogP contribution in [-0.4, -0.2) is 7.05 Å². The topological polar surface area (TPSA) is 12.0 Å². The van der Waals surface area contributed by atoms with Crippen LogP contribution in [0.25, 0.3) is 10.4 Å². The lowest BCUT2D eigenvalue weighted by atomic mass is 10.1. The van der Waals surface area contributed by atoms with Crippen LogP contribution in [0.15, 0.2) is 28.7 Å². The molecule has 1 nitrogen and oxygen atoms in total. The van der Waals surface area contributed by atoms with Crippen LogP contribution >= 0.6 is 38.9 Å². The van der Waals surface area contributed by atoms with E-state index in [9.17, 15) is 0 Å². The van der Waals surface area contributed by atoms with Crippen molar-refractivity contribution >= 4 is 38.9 Å². The molecule has 0 amide bonds. The lowest BCUT2D eigenvalue weighted by Crippen LogP contribution is -2.16. The van der Waals surface area contributed by atoms with E-state index in [0.29, 0.717) is 6.04 Å². The van der Waals surface area contributed by atoms with Crippen LogP contribution in [0.2, 0.25) is 5.02 Å². The van der Waals surface area contributed by atoms with Gasteiger partial charge in [0, 0.05) is 30.9 Å². The van der Waals surface area contributed by atoms with E-state index in [1.54, 1.807) is 0 Å². The molecule has 1 N–H and O–H groups in total. The lowest BCUT2D eigenvalue weighted by Gasteiger charge is -2.12.